The SMILES string of the molecule is O=C1OC(c2ccc(O)c3c(O)cccc23)(c2ccc(O)c3c(O)cccc23)c2ccccc21. The molecular weight excluding hydrogens is 432 g/mol. The molecule has 0 unspecified atom stereocenters. The first-order valence-electron chi connectivity index (χ1n) is 10.6. The van der Waals surface area contributed by atoms with Gasteiger partial charge in [0.1, 0.15) is 23.0 Å². The molecule has 0 radical (unpaired) electrons. The summed E-state index contributed by atoms with van der Waals surface area (Å²) in [6.07, 6.45) is 0. The van der Waals surface area contributed by atoms with Crippen molar-refractivity contribution < 1.29 is 30.0 Å². The van der Waals surface area contributed by atoms with E-state index in [-0.39, 0.29) is 33.8 Å². The monoisotopic (exact) mass is 450 g/mol. The lowest BCUT2D eigenvalue weighted by Crippen LogP contribution is -2.30. The molecule has 6 rings (SSSR count). The Morgan fingerprint density at radius 2 is 1.03 bits per heavy atom. The molecule has 34 heavy (non-hydrogen) atoms. The van der Waals surface area contributed by atoms with Crippen LogP contribution in [0.1, 0.15) is 27.0 Å². The molecule has 5 aromatic carbocycles. The molecule has 0 aliphatic carbocycles. The Morgan fingerprint density at radius 1 is 0.529 bits per heavy atom. The van der Waals surface area contributed by atoms with Crippen molar-refractivity contribution in [2.45, 2.75) is 5.60 Å². The van der Waals surface area contributed by atoms with Crippen LogP contribution in [0.2, 0.25) is 0 Å². The molecule has 166 valence electrons. The summed E-state index contributed by atoms with van der Waals surface area (Å²) in [7, 11) is 0. The second-order valence-corrected chi connectivity index (χ2v) is 8.28. The summed E-state index contributed by atoms with van der Waals surface area (Å²) < 4.78 is 6.20. The molecule has 1 aliphatic heterocycles. The van der Waals surface area contributed by atoms with Gasteiger partial charge in [0.2, 0.25) is 0 Å². The topological polar surface area (TPSA) is 107 Å². The number of phenolic OH excluding ortho intramolecular Hbond substituents is 4. The molecule has 0 fully saturated rings. The smallest absolute Gasteiger partial charge is 0.340 e. The standard InChI is InChI=1S/C28H18O6/c29-21-9-3-6-15-19(11-13-23(31)25(15)21)28(18-8-2-1-5-17(18)27(33)34-28)20-12-14-24(32)26-16(20)7-4-10-22(26)30/h1-14,29-32H. The number of fused-ring (bicyclic) bond motifs is 3. The Morgan fingerprint density at radius 3 is 1.59 bits per heavy atom. The third-order valence-corrected chi connectivity index (χ3v) is 6.52. The average molecular weight is 450 g/mol. The number of phenols is 4. The first kappa shape index (κ1) is 19.9. The van der Waals surface area contributed by atoms with Gasteiger partial charge < -0.3 is 25.2 Å². The van der Waals surface area contributed by atoms with E-state index in [0.717, 1.165) is 0 Å². The van der Waals surface area contributed by atoms with Gasteiger partial charge in [-0.25, -0.2) is 4.79 Å². The van der Waals surface area contributed by atoms with Crippen molar-refractivity contribution in [3.05, 3.63) is 107 Å². The molecule has 1 aliphatic rings. The molecular formula is C28H18O6. The maximum atomic E-state index is 13.1. The van der Waals surface area contributed by atoms with Gasteiger partial charge in [-0.3, -0.25) is 0 Å². The third kappa shape index (κ3) is 2.48. The average Bonchev–Trinajstić information content (AvgIpc) is 3.13. The van der Waals surface area contributed by atoms with Crippen molar-refractivity contribution in [1.29, 1.82) is 0 Å². The van der Waals surface area contributed by atoms with E-state index in [1.807, 2.05) is 0 Å². The van der Waals surface area contributed by atoms with Crippen molar-refractivity contribution in [3.63, 3.8) is 0 Å². The van der Waals surface area contributed by atoms with Gasteiger partial charge in [-0.1, -0.05) is 42.5 Å². The van der Waals surface area contributed by atoms with Crippen LogP contribution in [0.15, 0.2) is 84.9 Å². The zero-order valence-corrected chi connectivity index (χ0v) is 17.7. The Bertz CT molecular complexity index is 1550. The maximum Gasteiger partial charge on any atom is 0.340 e. The van der Waals surface area contributed by atoms with Crippen molar-refractivity contribution in [3.8, 4) is 23.0 Å². The first-order valence-corrected chi connectivity index (χ1v) is 10.6. The molecule has 6 nitrogen and oxygen atoms in total. The molecule has 1 heterocycles. The predicted molar refractivity (Wildman–Crippen MR) is 126 cm³/mol. The van der Waals surface area contributed by atoms with Gasteiger partial charge in [0.25, 0.3) is 0 Å². The van der Waals surface area contributed by atoms with Crippen LogP contribution in [0.25, 0.3) is 21.5 Å². The number of carbonyl (C=O) groups is 1. The van der Waals surface area contributed by atoms with Crippen LogP contribution < -0.4 is 0 Å². The summed E-state index contributed by atoms with van der Waals surface area (Å²) in [5.41, 5.74) is 0.512. The van der Waals surface area contributed by atoms with Crippen LogP contribution in [-0.4, -0.2) is 26.4 Å². The quantitative estimate of drug-likeness (QED) is 0.273. The van der Waals surface area contributed by atoms with Gasteiger partial charge in [-0.05, 0) is 53.2 Å². The van der Waals surface area contributed by atoms with Crippen molar-refractivity contribution in [2.24, 2.45) is 0 Å². The minimum absolute atomic E-state index is 0.113. The summed E-state index contributed by atoms with van der Waals surface area (Å²) in [5.74, 6) is -0.982. The lowest BCUT2D eigenvalue weighted by molar-refractivity contribution is 0.0260. The number of benzene rings is 5. The second-order valence-electron chi connectivity index (χ2n) is 8.28. The van der Waals surface area contributed by atoms with E-state index < -0.39 is 11.6 Å². The lowest BCUT2D eigenvalue weighted by Gasteiger charge is -2.32. The molecule has 0 bridgehead atoms. The minimum atomic E-state index is -1.48. The number of hydrogen-bond donors (Lipinski definition) is 4. The zero-order chi connectivity index (χ0) is 23.6. The zero-order valence-electron chi connectivity index (χ0n) is 17.7. The van der Waals surface area contributed by atoms with E-state index in [2.05, 4.69) is 0 Å². The van der Waals surface area contributed by atoms with Gasteiger partial charge in [0.15, 0.2) is 5.60 Å². The summed E-state index contributed by atoms with van der Waals surface area (Å²) in [5, 5.41) is 43.6. The number of ether oxygens (including phenoxy) is 1. The van der Waals surface area contributed by atoms with E-state index in [1.165, 1.54) is 24.3 Å². The lowest BCUT2D eigenvalue weighted by atomic mass is 9.76. The molecule has 0 spiro atoms. The van der Waals surface area contributed by atoms with Gasteiger partial charge in [0.05, 0.1) is 16.3 Å². The number of carbonyl (C=O) groups excluding carboxylic acids is 1. The van der Waals surface area contributed by atoms with E-state index in [0.29, 0.717) is 33.0 Å². The highest BCUT2D eigenvalue weighted by Crippen LogP contribution is 2.53. The second kappa shape index (κ2) is 6.89. The Hall–Kier alpha value is -4.71. The summed E-state index contributed by atoms with van der Waals surface area (Å²) >= 11 is 0. The Labute approximate surface area is 193 Å². The molecule has 0 saturated heterocycles. The normalized spacial score (nSPS) is 14.3. The molecule has 6 heteroatoms. The fourth-order valence-corrected chi connectivity index (χ4v) is 5.11. The highest BCUT2D eigenvalue weighted by Gasteiger charge is 2.50. The number of hydrogen-bond acceptors (Lipinski definition) is 6. The van der Waals surface area contributed by atoms with Gasteiger partial charge in [-0.2, -0.15) is 0 Å². The summed E-state index contributed by atoms with van der Waals surface area (Å²) in [4.78, 5) is 13.1. The van der Waals surface area contributed by atoms with Crippen molar-refractivity contribution >= 4 is 27.5 Å². The first-order chi connectivity index (χ1) is 16.4. The van der Waals surface area contributed by atoms with E-state index in [4.69, 9.17) is 4.74 Å². The minimum Gasteiger partial charge on any atom is -0.507 e. The third-order valence-electron chi connectivity index (χ3n) is 6.52. The maximum absolute atomic E-state index is 13.1. The molecule has 0 amide bonds. The van der Waals surface area contributed by atoms with Crippen LogP contribution in [0.4, 0.5) is 0 Å². The molecule has 0 aromatic heterocycles. The summed E-state index contributed by atoms with van der Waals surface area (Å²) in [6.45, 7) is 0. The predicted octanol–water partition coefficient (Wildman–Crippen LogP) is 5.28. The van der Waals surface area contributed by atoms with Crippen molar-refractivity contribution in [2.75, 3.05) is 0 Å². The van der Waals surface area contributed by atoms with Crippen LogP contribution in [0.5, 0.6) is 23.0 Å². The molecule has 4 N–H and O–H groups in total. The van der Waals surface area contributed by atoms with E-state index >= 15 is 0 Å². The Balaban J connectivity index is 1.84. The van der Waals surface area contributed by atoms with Crippen molar-refractivity contribution in [1.82, 2.24) is 0 Å². The number of esters is 1. The van der Waals surface area contributed by atoms with E-state index in [1.54, 1.807) is 60.7 Å². The summed E-state index contributed by atoms with van der Waals surface area (Å²) in [6, 6.07) is 23.0. The highest BCUT2D eigenvalue weighted by molar-refractivity contribution is 6.04. The van der Waals surface area contributed by atoms with Crippen LogP contribution in [0.3, 0.4) is 0 Å². The van der Waals surface area contributed by atoms with Crippen LogP contribution in [-0.2, 0) is 10.3 Å². The highest BCUT2D eigenvalue weighted by atomic mass is 16.6. The Kier molecular flexibility index (Phi) is 4.04. The molecule has 0 atom stereocenters. The van der Waals surface area contributed by atoms with Gasteiger partial charge in [-0.15, -0.1) is 0 Å². The molecule has 0 saturated carbocycles. The number of cyclic esters (lactones) is 1. The number of rotatable bonds is 2. The fraction of sp³-hybridized carbons (Fsp3) is 0.0357. The largest absolute Gasteiger partial charge is 0.507 e. The molecule has 5 aromatic rings. The van der Waals surface area contributed by atoms with E-state index in [9.17, 15) is 25.2 Å². The fourth-order valence-electron chi connectivity index (χ4n) is 5.11. The van der Waals surface area contributed by atoms with Crippen LogP contribution >= 0.6 is 0 Å². The van der Waals surface area contributed by atoms with Gasteiger partial charge in [0, 0.05) is 16.7 Å². The number of aromatic hydroxyl groups is 4. The van der Waals surface area contributed by atoms with Gasteiger partial charge >= 0.3 is 5.97 Å². The van der Waals surface area contributed by atoms with Crippen LogP contribution in [0, 0.1) is 0 Å².